The van der Waals surface area contributed by atoms with Crippen molar-refractivity contribution in [2.45, 2.75) is 36.3 Å². The first-order chi connectivity index (χ1) is 15.3. The van der Waals surface area contributed by atoms with Gasteiger partial charge in [-0.2, -0.15) is 4.31 Å². The number of hydrogen-bond acceptors (Lipinski definition) is 5. The van der Waals surface area contributed by atoms with Crippen LogP contribution in [0.5, 0.6) is 0 Å². The molecule has 0 spiro atoms. The second kappa shape index (κ2) is 9.21. The summed E-state index contributed by atoms with van der Waals surface area (Å²) in [5, 5.41) is 0.511. The summed E-state index contributed by atoms with van der Waals surface area (Å²) in [6.07, 6.45) is 1.60. The summed E-state index contributed by atoms with van der Waals surface area (Å²) in [5.74, 6) is 0.0433. The van der Waals surface area contributed by atoms with Crippen LogP contribution in [0.1, 0.15) is 30.3 Å². The van der Waals surface area contributed by atoms with E-state index in [4.69, 9.17) is 0 Å². The number of likely N-dealkylation sites (N-methyl/N-ethyl adjacent to an activating group) is 1. The highest BCUT2D eigenvalue weighted by Crippen LogP contribution is 2.43. The molecule has 1 aliphatic rings. The van der Waals surface area contributed by atoms with E-state index in [1.165, 1.54) is 4.31 Å². The maximum atomic E-state index is 13.5. The molecule has 8 heteroatoms. The largest absolute Gasteiger partial charge is 0.324 e. The van der Waals surface area contributed by atoms with Crippen molar-refractivity contribution >= 4 is 38.6 Å². The highest BCUT2D eigenvalue weighted by molar-refractivity contribution is 8.01. The Morgan fingerprint density at radius 2 is 1.88 bits per heavy atom. The number of fused-ring (bicyclic) bond motifs is 1. The molecular formula is C24H27N3O3S2. The van der Waals surface area contributed by atoms with Crippen LogP contribution in [-0.4, -0.2) is 53.4 Å². The van der Waals surface area contributed by atoms with Gasteiger partial charge in [0.05, 0.1) is 10.8 Å². The number of pyridine rings is 1. The Bertz CT molecular complexity index is 1240. The van der Waals surface area contributed by atoms with Crippen molar-refractivity contribution < 1.29 is 13.2 Å². The summed E-state index contributed by atoms with van der Waals surface area (Å²) in [7, 11) is -3.76. The molecule has 0 aliphatic carbocycles. The number of nitrogens with zero attached hydrogens (tertiary/aromatic N) is 3. The standard InChI is InChI=1S/C24H27N3O3S2/c1-4-26(32(29,30)21-12-6-9-19-11-7-13-25-22(19)21)14-15-27-23(28)18(3)31-24(27)20-10-5-8-17(2)16-20/h5-13,16,18,24H,4,14-15H2,1-3H3/t18-,24-/m0/s1. The molecule has 1 aliphatic heterocycles. The molecule has 2 aromatic carbocycles. The average Bonchev–Trinajstić information content (AvgIpc) is 3.07. The normalized spacial score (nSPS) is 19.2. The van der Waals surface area contributed by atoms with Crippen LogP contribution < -0.4 is 0 Å². The topological polar surface area (TPSA) is 70.6 Å². The molecule has 0 saturated carbocycles. The molecule has 4 rings (SSSR count). The Kier molecular flexibility index (Phi) is 6.55. The highest BCUT2D eigenvalue weighted by Gasteiger charge is 2.39. The number of aromatic nitrogens is 1. The lowest BCUT2D eigenvalue weighted by molar-refractivity contribution is -0.129. The van der Waals surface area contributed by atoms with Crippen LogP contribution in [0.25, 0.3) is 10.9 Å². The fourth-order valence-electron chi connectivity index (χ4n) is 4.07. The summed E-state index contributed by atoms with van der Waals surface area (Å²) in [6, 6.07) is 17.0. The van der Waals surface area contributed by atoms with Crippen LogP contribution in [0.15, 0.2) is 65.7 Å². The summed E-state index contributed by atoms with van der Waals surface area (Å²) < 4.78 is 28.4. The number of benzene rings is 2. The SMILES string of the molecule is CCN(CCN1C(=O)[C@H](C)S[C@H]1c1cccc(C)c1)S(=O)(=O)c1cccc2cccnc12. The molecule has 1 aromatic heterocycles. The lowest BCUT2D eigenvalue weighted by Gasteiger charge is -2.28. The van der Waals surface area contributed by atoms with Gasteiger partial charge in [-0.15, -0.1) is 11.8 Å². The second-order valence-electron chi connectivity index (χ2n) is 7.90. The van der Waals surface area contributed by atoms with Crippen molar-refractivity contribution in [3.63, 3.8) is 0 Å². The van der Waals surface area contributed by atoms with Gasteiger partial charge in [-0.25, -0.2) is 8.42 Å². The Labute approximate surface area is 193 Å². The van der Waals surface area contributed by atoms with Gasteiger partial charge < -0.3 is 4.90 Å². The zero-order valence-electron chi connectivity index (χ0n) is 18.4. The Morgan fingerprint density at radius 3 is 2.62 bits per heavy atom. The summed E-state index contributed by atoms with van der Waals surface area (Å²) in [5.41, 5.74) is 2.67. The first-order valence-electron chi connectivity index (χ1n) is 10.7. The fraction of sp³-hybridized carbons (Fsp3) is 0.333. The number of hydrogen-bond donors (Lipinski definition) is 0. The molecule has 0 N–H and O–H groups in total. The van der Waals surface area contributed by atoms with Crippen LogP contribution in [0.2, 0.25) is 0 Å². The molecule has 1 fully saturated rings. The van der Waals surface area contributed by atoms with E-state index < -0.39 is 10.0 Å². The van der Waals surface area contributed by atoms with Crippen LogP contribution in [-0.2, 0) is 14.8 Å². The molecule has 3 aromatic rings. The smallest absolute Gasteiger partial charge is 0.245 e. The molecule has 32 heavy (non-hydrogen) atoms. The summed E-state index contributed by atoms with van der Waals surface area (Å²) in [6.45, 7) is 6.63. The average molecular weight is 470 g/mol. The maximum Gasteiger partial charge on any atom is 0.245 e. The third-order valence-corrected chi connectivity index (χ3v) is 9.13. The van der Waals surface area contributed by atoms with Crippen molar-refractivity contribution in [3.05, 3.63) is 71.9 Å². The number of carbonyl (C=O) groups excluding carboxylic acids is 1. The zero-order valence-corrected chi connectivity index (χ0v) is 20.1. The fourth-order valence-corrected chi connectivity index (χ4v) is 6.98. The third-order valence-electron chi connectivity index (χ3n) is 5.73. The van der Waals surface area contributed by atoms with Gasteiger partial charge in [-0.05, 0) is 31.5 Å². The summed E-state index contributed by atoms with van der Waals surface area (Å²) in [4.78, 5) is 19.2. The Hall–Kier alpha value is -2.42. The molecule has 0 radical (unpaired) electrons. The lowest BCUT2D eigenvalue weighted by atomic mass is 10.1. The zero-order chi connectivity index (χ0) is 22.9. The molecule has 1 amide bonds. The second-order valence-corrected chi connectivity index (χ2v) is 11.2. The van der Waals surface area contributed by atoms with Gasteiger partial charge in [0.25, 0.3) is 0 Å². The number of carbonyl (C=O) groups is 1. The molecule has 2 heterocycles. The van der Waals surface area contributed by atoms with Gasteiger partial charge in [0.15, 0.2) is 0 Å². The van der Waals surface area contributed by atoms with Gasteiger partial charge >= 0.3 is 0 Å². The van der Waals surface area contributed by atoms with Gasteiger partial charge in [-0.1, -0.05) is 55.0 Å². The molecule has 168 valence electrons. The molecule has 0 bridgehead atoms. The van der Waals surface area contributed by atoms with E-state index in [0.717, 1.165) is 16.5 Å². The van der Waals surface area contributed by atoms with Crippen LogP contribution in [0, 0.1) is 6.92 Å². The molecule has 2 atom stereocenters. The number of sulfonamides is 1. The van der Waals surface area contributed by atoms with E-state index in [-0.39, 0.29) is 28.0 Å². The van der Waals surface area contributed by atoms with Crippen LogP contribution in [0.3, 0.4) is 0 Å². The van der Waals surface area contributed by atoms with Crippen molar-refractivity contribution in [3.8, 4) is 0 Å². The van der Waals surface area contributed by atoms with E-state index >= 15 is 0 Å². The predicted octanol–water partition coefficient (Wildman–Crippen LogP) is 4.22. The quantitative estimate of drug-likeness (QED) is 0.518. The van der Waals surface area contributed by atoms with Crippen LogP contribution >= 0.6 is 11.8 Å². The predicted molar refractivity (Wildman–Crippen MR) is 129 cm³/mol. The first-order valence-corrected chi connectivity index (χ1v) is 13.1. The van der Waals surface area contributed by atoms with Gasteiger partial charge in [0.1, 0.15) is 10.3 Å². The number of thioether (sulfide) groups is 1. The number of amides is 1. The number of para-hydroxylation sites is 1. The third kappa shape index (κ3) is 4.27. The van der Waals surface area contributed by atoms with E-state index in [2.05, 4.69) is 11.1 Å². The Morgan fingerprint density at radius 1 is 1.12 bits per heavy atom. The summed E-state index contributed by atoms with van der Waals surface area (Å²) >= 11 is 1.61. The Balaban J connectivity index is 1.60. The lowest BCUT2D eigenvalue weighted by Crippen LogP contribution is -2.40. The molecule has 1 saturated heterocycles. The molecule has 6 nitrogen and oxygen atoms in total. The van der Waals surface area contributed by atoms with Gasteiger partial charge in [0.2, 0.25) is 15.9 Å². The van der Waals surface area contributed by atoms with Gasteiger partial charge in [0, 0.05) is 31.2 Å². The number of rotatable bonds is 7. The van der Waals surface area contributed by atoms with Crippen LogP contribution in [0.4, 0.5) is 0 Å². The van der Waals surface area contributed by atoms with Crippen molar-refractivity contribution in [1.82, 2.24) is 14.2 Å². The highest BCUT2D eigenvalue weighted by atomic mass is 32.2. The van der Waals surface area contributed by atoms with E-state index in [9.17, 15) is 13.2 Å². The van der Waals surface area contributed by atoms with Crippen molar-refractivity contribution in [2.75, 3.05) is 19.6 Å². The minimum absolute atomic E-state index is 0.0433. The monoisotopic (exact) mass is 469 g/mol. The van der Waals surface area contributed by atoms with E-state index in [0.29, 0.717) is 18.6 Å². The molecular weight excluding hydrogens is 442 g/mol. The minimum Gasteiger partial charge on any atom is -0.324 e. The van der Waals surface area contributed by atoms with E-state index in [1.807, 2.05) is 56.0 Å². The minimum atomic E-state index is -3.76. The van der Waals surface area contributed by atoms with Crippen molar-refractivity contribution in [2.24, 2.45) is 0 Å². The van der Waals surface area contributed by atoms with E-state index in [1.54, 1.807) is 36.2 Å². The molecule has 0 unspecified atom stereocenters. The first kappa shape index (κ1) is 22.8. The maximum absolute atomic E-state index is 13.5. The number of aryl methyl sites for hydroxylation is 1. The van der Waals surface area contributed by atoms with Gasteiger partial charge in [-0.3, -0.25) is 9.78 Å². The van der Waals surface area contributed by atoms with Crippen molar-refractivity contribution in [1.29, 1.82) is 0 Å².